The van der Waals surface area contributed by atoms with Crippen LogP contribution in [0.3, 0.4) is 0 Å². The summed E-state index contributed by atoms with van der Waals surface area (Å²) in [5, 5.41) is 0. The van der Waals surface area contributed by atoms with Gasteiger partial charge >= 0.3 is 0 Å². The SMILES string of the molecule is CCc1ccc(CC(C)(N)c2ccccc2OC)s1. The molecule has 0 fully saturated rings. The number of methoxy groups -OCH3 is 1. The van der Waals surface area contributed by atoms with Gasteiger partial charge in [0.25, 0.3) is 0 Å². The van der Waals surface area contributed by atoms with Gasteiger partial charge in [0.15, 0.2) is 0 Å². The van der Waals surface area contributed by atoms with Gasteiger partial charge in [-0.1, -0.05) is 25.1 Å². The van der Waals surface area contributed by atoms with Crippen LogP contribution in [0.15, 0.2) is 36.4 Å². The van der Waals surface area contributed by atoms with Crippen molar-refractivity contribution in [1.29, 1.82) is 0 Å². The minimum Gasteiger partial charge on any atom is -0.496 e. The average Bonchev–Trinajstić information content (AvgIpc) is 2.85. The second-order valence-electron chi connectivity index (χ2n) is 5.02. The van der Waals surface area contributed by atoms with E-state index in [0.717, 1.165) is 24.2 Å². The molecule has 0 amide bonds. The Morgan fingerprint density at radius 3 is 2.47 bits per heavy atom. The summed E-state index contributed by atoms with van der Waals surface area (Å²) < 4.78 is 5.42. The molecule has 1 aromatic heterocycles. The molecule has 2 nitrogen and oxygen atoms in total. The lowest BCUT2D eigenvalue weighted by Gasteiger charge is -2.26. The molecule has 2 N–H and O–H groups in total. The molecule has 0 aliphatic carbocycles. The van der Waals surface area contributed by atoms with E-state index in [1.807, 2.05) is 35.6 Å². The maximum atomic E-state index is 6.52. The lowest BCUT2D eigenvalue weighted by atomic mass is 9.88. The number of benzene rings is 1. The normalized spacial score (nSPS) is 14.1. The van der Waals surface area contributed by atoms with Crippen molar-refractivity contribution in [1.82, 2.24) is 0 Å². The fourth-order valence-corrected chi connectivity index (χ4v) is 3.41. The number of ether oxygens (including phenoxy) is 1. The third-order valence-corrected chi connectivity index (χ3v) is 4.56. The van der Waals surface area contributed by atoms with Crippen LogP contribution in [0.5, 0.6) is 5.75 Å². The maximum absolute atomic E-state index is 6.52. The second-order valence-corrected chi connectivity index (χ2v) is 6.27. The monoisotopic (exact) mass is 275 g/mol. The zero-order valence-corrected chi connectivity index (χ0v) is 12.6. The quantitative estimate of drug-likeness (QED) is 0.902. The van der Waals surface area contributed by atoms with Crippen molar-refractivity contribution in [3.63, 3.8) is 0 Å². The molecule has 0 aliphatic rings. The highest BCUT2D eigenvalue weighted by Crippen LogP contribution is 2.32. The second kappa shape index (κ2) is 5.76. The van der Waals surface area contributed by atoms with Crippen LogP contribution in [0, 0.1) is 0 Å². The van der Waals surface area contributed by atoms with E-state index < -0.39 is 5.54 Å². The van der Waals surface area contributed by atoms with Gasteiger partial charge in [-0.3, -0.25) is 0 Å². The molecule has 0 bridgehead atoms. The number of hydrogen-bond acceptors (Lipinski definition) is 3. The molecule has 0 spiro atoms. The lowest BCUT2D eigenvalue weighted by Crippen LogP contribution is -2.35. The molecule has 0 saturated heterocycles. The van der Waals surface area contributed by atoms with Gasteiger partial charge in [0.2, 0.25) is 0 Å². The summed E-state index contributed by atoms with van der Waals surface area (Å²) in [5.41, 5.74) is 7.17. The number of hydrogen-bond donors (Lipinski definition) is 1. The van der Waals surface area contributed by atoms with Crippen molar-refractivity contribution >= 4 is 11.3 Å². The van der Waals surface area contributed by atoms with Crippen LogP contribution >= 0.6 is 11.3 Å². The Morgan fingerprint density at radius 1 is 1.16 bits per heavy atom. The van der Waals surface area contributed by atoms with E-state index in [1.165, 1.54) is 9.75 Å². The molecule has 1 unspecified atom stereocenters. The third kappa shape index (κ3) is 3.17. The summed E-state index contributed by atoms with van der Waals surface area (Å²) in [5.74, 6) is 0.861. The maximum Gasteiger partial charge on any atom is 0.123 e. The van der Waals surface area contributed by atoms with Crippen LogP contribution in [0.25, 0.3) is 0 Å². The molecule has 0 saturated carbocycles. The predicted molar refractivity (Wildman–Crippen MR) is 81.9 cm³/mol. The molecule has 2 rings (SSSR count). The van der Waals surface area contributed by atoms with Crippen molar-refractivity contribution in [3.05, 3.63) is 51.7 Å². The van der Waals surface area contributed by atoms with Crippen molar-refractivity contribution in [2.45, 2.75) is 32.2 Å². The van der Waals surface area contributed by atoms with E-state index >= 15 is 0 Å². The Bertz CT molecular complexity index is 545. The smallest absolute Gasteiger partial charge is 0.123 e. The molecule has 0 radical (unpaired) electrons. The zero-order valence-electron chi connectivity index (χ0n) is 11.8. The molecule has 0 aliphatic heterocycles. The Hall–Kier alpha value is -1.32. The van der Waals surface area contributed by atoms with E-state index in [0.29, 0.717) is 0 Å². The van der Waals surface area contributed by atoms with E-state index in [4.69, 9.17) is 10.5 Å². The number of rotatable bonds is 5. The summed E-state index contributed by atoms with van der Waals surface area (Å²) in [6.45, 7) is 4.24. The topological polar surface area (TPSA) is 35.2 Å². The molecule has 2 aromatic rings. The number of para-hydroxylation sites is 1. The largest absolute Gasteiger partial charge is 0.496 e. The van der Waals surface area contributed by atoms with Crippen LogP contribution in [0.4, 0.5) is 0 Å². The fourth-order valence-electron chi connectivity index (χ4n) is 2.28. The van der Waals surface area contributed by atoms with Gasteiger partial charge in [0.1, 0.15) is 5.75 Å². The summed E-state index contributed by atoms with van der Waals surface area (Å²) >= 11 is 1.85. The molecular formula is C16H21NOS. The van der Waals surface area contributed by atoms with Crippen molar-refractivity contribution in [3.8, 4) is 5.75 Å². The van der Waals surface area contributed by atoms with Gasteiger partial charge < -0.3 is 10.5 Å². The zero-order chi connectivity index (χ0) is 13.9. The predicted octanol–water partition coefficient (Wildman–Crippen LogP) is 3.74. The van der Waals surface area contributed by atoms with Crippen molar-refractivity contribution < 1.29 is 4.74 Å². The van der Waals surface area contributed by atoms with Crippen LogP contribution in [0.1, 0.15) is 29.2 Å². The highest BCUT2D eigenvalue weighted by Gasteiger charge is 2.25. The summed E-state index contributed by atoms with van der Waals surface area (Å²) in [6.07, 6.45) is 1.92. The van der Waals surface area contributed by atoms with Crippen LogP contribution in [-0.4, -0.2) is 7.11 Å². The highest BCUT2D eigenvalue weighted by molar-refractivity contribution is 7.12. The van der Waals surface area contributed by atoms with Gasteiger partial charge in [-0.2, -0.15) is 0 Å². The fraction of sp³-hybridized carbons (Fsp3) is 0.375. The van der Waals surface area contributed by atoms with E-state index in [9.17, 15) is 0 Å². The van der Waals surface area contributed by atoms with E-state index in [1.54, 1.807) is 7.11 Å². The van der Waals surface area contributed by atoms with Gasteiger partial charge in [-0.25, -0.2) is 0 Å². The van der Waals surface area contributed by atoms with Crippen LogP contribution < -0.4 is 10.5 Å². The molecule has 1 heterocycles. The highest BCUT2D eigenvalue weighted by atomic mass is 32.1. The average molecular weight is 275 g/mol. The molecule has 19 heavy (non-hydrogen) atoms. The molecule has 1 aromatic carbocycles. The van der Waals surface area contributed by atoms with Crippen molar-refractivity contribution in [2.75, 3.05) is 7.11 Å². The van der Waals surface area contributed by atoms with Gasteiger partial charge in [0, 0.05) is 27.3 Å². The van der Waals surface area contributed by atoms with Crippen LogP contribution in [0.2, 0.25) is 0 Å². The Kier molecular flexibility index (Phi) is 4.27. The van der Waals surface area contributed by atoms with Crippen molar-refractivity contribution in [2.24, 2.45) is 5.73 Å². The Labute approximate surface area is 119 Å². The lowest BCUT2D eigenvalue weighted by molar-refractivity contribution is 0.387. The Balaban J connectivity index is 2.26. The van der Waals surface area contributed by atoms with Gasteiger partial charge in [-0.05, 0) is 31.5 Å². The first-order valence-corrected chi connectivity index (χ1v) is 7.38. The molecule has 3 heteroatoms. The first-order valence-electron chi connectivity index (χ1n) is 6.57. The molecule has 1 atom stereocenters. The van der Waals surface area contributed by atoms with Gasteiger partial charge in [-0.15, -0.1) is 11.3 Å². The van der Waals surface area contributed by atoms with Gasteiger partial charge in [0.05, 0.1) is 7.11 Å². The van der Waals surface area contributed by atoms with E-state index in [2.05, 4.69) is 26.0 Å². The standard InChI is InChI=1S/C16H21NOS/c1-4-12-9-10-13(19-12)11-16(2,17)14-7-5-6-8-15(14)18-3/h5-10H,4,11,17H2,1-3H3. The first kappa shape index (κ1) is 14.1. The van der Waals surface area contributed by atoms with Crippen LogP contribution in [-0.2, 0) is 18.4 Å². The first-order chi connectivity index (χ1) is 9.06. The summed E-state index contributed by atoms with van der Waals surface area (Å²) in [6, 6.07) is 12.4. The van der Waals surface area contributed by atoms with E-state index in [-0.39, 0.29) is 0 Å². The number of nitrogens with two attached hydrogens (primary N) is 1. The summed E-state index contributed by atoms with van der Waals surface area (Å²) in [4.78, 5) is 2.73. The minimum absolute atomic E-state index is 0.414. The number of thiophene rings is 1. The minimum atomic E-state index is -0.414. The summed E-state index contributed by atoms with van der Waals surface area (Å²) in [7, 11) is 1.69. The third-order valence-electron chi connectivity index (χ3n) is 3.33. The molecule has 102 valence electrons. The molecular weight excluding hydrogens is 254 g/mol. The Morgan fingerprint density at radius 2 is 1.84 bits per heavy atom. The number of aryl methyl sites for hydroxylation is 1.